The zero-order valence-electron chi connectivity index (χ0n) is 13.4. The van der Waals surface area contributed by atoms with E-state index in [9.17, 15) is 19.7 Å². The normalized spacial score (nSPS) is 10.7. The van der Waals surface area contributed by atoms with E-state index >= 15 is 0 Å². The minimum Gasteiger partial charge on any atom is -0.465 e. The molecule has 0 aliphatic rings. The van der Waals surface area contributed by atoms with E-state index in [1.807, 2.05) is 0 Å². The fourth-order valence-electron chi connectivity index (χ4n) is 2.67. The second kappa shape index (κ2) is 6.60. The Morgan fingerprint density at radius 2 is 1.88 bits per heavy atom. The summed E-state index contributed by atoms with van der Waals surface area (Å²) in [6, 6.07) is 10.5. The number of hydrogen-bond acceptors (Lipinski definition) is 6. The predicted molar refractivity (Wildman–Crippen MR) is 99.7 cm³/mol. The third kappa shape index (κ3) is 2.82. The first kappa shape index (κ1) is 17.6. The number of halogens is 1. The Kier molecular flexibility index (Phi) is 4.47. The number of nitrogens with two attached hydrogens (primary N) is 1. The summed E-state index contributed by atoms with van der Waals surface area (Å²) >= 11 is 3.34. The number of ether oxygens (including phenoxy) is 1. The van der Waals surface area contributed by atoms with Gasteiger partial charge in [-0.15, -0.1) is 0 Å². The van der Waals surface area contributed by atoms with Crippen molar-refractivity contribution in [2.45, 2.75) is 0 Å². The summed E-state index contributed by atoms with van der Waals surface area (Å²) in [5, 5.41) is 11.3. The molecule has 0 bridgehead atoms. The Hall–Kier alpha value is -3.20. The number of non-ortho nitro benzene ring substituents is 1. The van der Waals surface area contributed by atoms with Crippen molar-refractivity contribution in [3.8, 4) is 5.69 Å². The van der Waals surface area contributed by atoms with Gasteiger partial charge in [-0.1, -0.05) is 15.9 Å². The number of nitrogen functional groups attached to an aromatic ring is 1. The van der Waals surface area contributed by atoms with Crippen molar-refractivity contribution in [1.82, 2.24) is 4.57 Å². The summed E-state index contributed by atoms with van der Waals surface area (Å²) in [4.78, 5) is 35.4. The Balaban J connectivity index is 2.42. The van der Waals surface area contributed by atoms with Crippen LogP contribution in [0.15, 0.2) is 51.7 Å². The van der Waals surface area contributed by atoms with Crippen LogP contribution in [-0.4, -0.2) is 22.6 Å². The lowest BCUT2D eigenvalue weighted by atomic mass is 10.1. The molecular formula is C17H12BrN3O5. The number of benzene rings is 2. The highest BCUT2D eigenvalue weighted by Crippen LogP contribution is 2.28. The van der Waals surface area contributed by atoms with E-state index in [0.717, 1.165) is 7.11 Å². The third-order valence-electron chi connectivity index (χ3n) is 3.89. The Bertz CT molecular complexity index is 1110. The molecule has 2 N–H and O–H groups in total. The minimum atomic E-state index is -0.854. The number of nitro groups is 1. The molecule has 26 heavy (non-hydrogen) atoms. The molecule has 2 aromatic carbocycles. The lowest BCUT2D eigenvalue weighted by Crippen LogP contribution is -2.28. The van der Waals surface area contributed by atoms with Gasteiger partial charge in [0, 0.05) is 27.7 Å². The van der Waals surface area contributed by atoms with Crippen LogP contribution in [-0.2, 0) is 4.74 Å². The fourth-order valence-corrected chi connectivity index (χ4v) is 3.02. The SMILES string of the molecule is COC(=O)c1c(N)c2ccc(Br)cc2n(-c2ccc([N+](=O)[O-])cc2)c1=O. The number of anilines is 1. The summed E-state index contributed by atoms with van der Waals surface area (Å²) in [7, 11) is 1.16. The number of carbonyl (C=O) groups is 1. The van der Waals surface area contributed by atoms with E-state index in [4.69, 9.17) is 5.73 Å². The number of pyridine rings is 1. The van der Waals surface area contributed by atoms with E-state index in [1.165, 1.54) is 28.8 Å². The van der Waals surface area contributed by atoms with Gasteiger partial charge < -0.3 is 10.5 Å². The number of fused-ring (bicyclic) bond motifs is 1. The number of hydrogen-bond donors (Lipinski definition) is 1. The van der Waals surface area contributed by atoms with Gasteiger partial charge in [-0.25, -0.2) is 4.79 Å². The quantitative estimate of drug-likeness (QED) is 0.397. The molecule has 9 heteroatoms. The highest BCUT2D eigenvalue weighted by molar-refractivity contribution is 9.10. The number of nitrogens with zero attached hydrogens (tertiary/aromatic N) is 2. The van der Waals surface area contributed by atoms with Crippen molar-refractivity contribution in [2.75, 3.05) is 12.8 Å². The molecule has 0 saturated heterocycles. The molecule has 0 amide bonds. The van der Waals surface area contributed by atoms with Crippen molar-refractivity contribution >= 4 is 44.2 Å². The van der Waals surface area contributed by atoms with Crippen LogP contribution in [0.2, 0.25) is 0 Å². The number of carbonyl (C=O) groups excluding carboxylic acids is 1. The Morgan fingerprint density at radius 3 is 2.46 bits per heavy atom. The Morgan fingerprint density at radius 1 is 1.23 bits per heavy atom. The van der Waals surface area contributed by atoms with Crippen molar-refractivity contribution in [3.05, 3.63) is 73.0 Å². The van der Waals surface area contributed by atoms with Gasteiger partial charge in [0.25, 0.3) is 11.2 Å². The van der Waals surface area contributed by atoms with Gasteiger partial charge in [0.15, 0.2) is 0 Å². The summed E-state index contributed by atoms with van der Waals surface area (Å²) < 4.78 is 6.65. The van der Waals surface area contributed by atoms with Crippen LogP contribution < -0.4 is 11.3 Å². The first-order chi connectivity index (χ1) is 12.3. The van der Waals surface area contributed by atoms with Gasteiger partial charge in [0.05, 0.1) is 23.2 Å². The van der Waals surface area contributed by atoms with Crippen LogP contribution >= 0.6 is 15.9 Å². The van der Waals surface area contributed by atoms with Crippen molar-refractivity contribution < 1.29 is 14.5 Å². The molecule has 3 rings (SSSR count). The number of nitro benzene ring substituents is 1. The second-order valence-corrected chi connectivity index (χ2v) is 6.27. The molecule has 0 aliphatic carbocycles. The number of aromatic nitrogens is 1. The van der Waals surface area contributed by atoms with Crippen LogP contribution in [0, 0.1) is 10.1 Å². The molecule has 0 atom stereocenters. The summed E-state index contributed by atoms with van der Waals surface area (Å²) in [6.07, 6.45) is 0. The van der Waals surface area contributed by atoms with Crippen LogP contribution in [0.5, 0.6) is 0 Å². The second-order valence-electron chi connectivity index (χ2n) is 5.36. The molecule has 3 aromatic rings. The zero-order chi connectivity index (χ0) is 19.0. The maximum absolute atomic E-state index is 13.0. The molecule has 132 valence electrons. The van der Waals surface area contributed by atoms with Gasteiger partial charge in [-0.2, -0.15) is 0 Å². The first-order valence-electron chi connectivity index (χ1n) is 7.32. The van der Waals surface area contributed by atoms with Crippen LogP contribution in [0.4, 0.5) is 11.4 Å². The molecule has 0 radical (unpaired) electrons. The van der Waals surface area contributed by atoms with Crippen molar-refractivity contribution in [1.29, 1.82) is 0 Å². The van der Waals surface area contributed by atoms with Crippen molar-refractivity contribution in [2.24, 2.45) is 0 Å². The van der Waals surface area contributed by atoms with E-state index < -0.39 is 16.5 Å². The third-order valence-corrected chi connectivity index (χ3v) is 4.38. The van der Waals surface area contributed by atoms with Crippen molar-refractivity contribution in [3.63, 3.8) is 0 Å². The van der Waals surface area contributed by atoms with E-state index in [1.54, 1.807) is 18.2 Å². The van der Waals surface area contributed by atoms with Gasteiger partial charge in [0.2, 0.25) is 0 Å². The molecular weight excluding hydrogens is 406 g/mol. The molecule has 0 fully saturated rings. The number of methoxy groups -OCH3 is 1. The predicted octanol–water partition coefficient (Wildman–Crippen LogP) is 3.03. The van der Waals surface area contributed by atoms with Crippen LogP contribution in [0.25, 0.3) is 16.6 Å². The van der Waals surface area contributed by atoms with Gasteiger partial charge in [0.1, 0.15) is 5.56 Å². The average Bonchev–Trinajstić information content (AvgIpc) is 2.61. The first-order valence-corrected chi connectivity index (χ1v) is 8.11. The molecule has 0 aliphatic heterocycles. The summed E-state index contributed by atoms with van der Waals surface area (Å²) in [6.45, 7) is 0. The van der Waals surface area contributed by atoms with Crippen LogP contribution in [0.1, 0.15) is 10.4 Å². The van der Waals surface area contributed by atoms with Gasteiger partial charge >= 0.3 is 5.97 Å². The molecule has 1 heterocycles. The molecule has 0 spiro atoms. The fraction of sp³-hybridized carbons (Fsp3) is 0.0588. The highest BCUT2D eigenvalue weighted by atomic mass is 79.9. The zero-order valence-corrected chi connectivity index (χ0v) is 15.0. The largest absolute Gasteiger partial charge is 0.465 e. The monoisotopic (exact) mass is 417 g/mol. The molecule has 0 saturated carbocycles. The maximum atomic E-state index is 13.0. The highest BCUT2D eigenvalue weighted by Gasteiger charge is 2.22. The van der Waals surface area contributed by atoms with Gasteiger partial charge in [-0.3, -0.25) is 19.5 Å². The van der Waals surface area contributed by atoms with Gasteiger partial charge in [-0.05, 0) is 30.3 Å². The van der Waals surface area contributed by atoms with E-state index in [0.29, 0.717) is 21.1 Å². The summed E-state index contributed by atoms with van der Waals surface area (Å²) in [5.41, 5.74) is 5.78. The average molecular weight is 418 g/mol. The summed E-state index contributed by atoms with van der Waals surface area (Å²) in [5.74, 6) is -0.854. The molecule has 8 nitrogen and oxygen atoms in total. The van der Waals surface area contributed by atoms with Crippen LogP contribution in [0.3, 0.4) is 0 Å². The lowest BCUT2D eigenvalue weighted by molar-refractivity contribution is -0.384. The number of rotatable bonds is 3. The molecule has 0 unspecified atom stereocenters. The Labute approximate surface area is 155 Å². The molecule has 1 aromatic heterocycles. The standard InChI is InChI=1S/C17H12BrN3O5/c1-26-17(23)14-15(19)12-7-2-9(18)8-13(12)20(16(14)22)10-3-5-11(6-4-10)21(24)25/h2-8H,19H2,1H3. The smallest absolute Gasteiger partial charge is 0.345 e. The van der Waals surface area contributed by atoms with E-state index in [2.05, 4.69) is 20.7 Å². The number of esters is 1. The minimum absolute atomic E-state index is 0.0162. The lowest BCUT2D eigenvalue weighted by Gasteiger charge is -2.15. The topological polar surface area (TPSA) is 117 Å². The van der Waals surface area contributed by atoms with E-state index in [-0.39, 0.29) is 16.9 Å². The maximum Gasteiger partial charge on any atom is 0.345 e.